The first-order valence-corrected chi connectivity index (χ1v) is 8.00. The Kier molecular flexibility index (Phi) is 3.95. The van der Waals surface area contributed by atoms with E-state index in [0.29, 0.717) is 13.0 Å². The predicted molar refractivity (Wildman–Crippen MR) is 63.8 cm³/mol. The lowest BCUT2D eigenvalue weighted by molar-refractivity contribution is -0.136. The molecule has 2 heterocycles. The average molecular weight is 282 g/mol. The SMILES string of the molecule is O=C(NC1CS(=O)(=O)CC1Cl)C1CCCCO1. The summed E-state index contributed by atoms with van der Waals surface area (Å²) in [6, 6.07) is -0.486. The predicted octanol–water partition coefficient (Wildman–Crippen LogP) is 0.0761. The van der Waals surface area contributed by atoms with Crippen LogP contribution >= 0.6 is 11.6 Å². The molecule has 0 aromatic rings. The van der Waals surface area contributed by atoms with Gasteiger partial charge in [-0.05, 0) is 19.3 Å². The van der Waals surface area contributed by atoms with E-state index in [2.05, 4.69) is 5.32 Å². The Balaban J connectivity index is 1.90. The molecule has 0 saturated carbocycles. The second kappa shape index (κ2) is 5.12. The normalized spacial score (nSPS) is 36.6. The van der Waals surface area contributed by atoms with E-state index in [4.69, 9.17) is 16.3 Å². The minimum Gasteiger partial charge on any atom is -0.368 e. The Labute approximate surface area is 106 Å². The number of carbonyl (C=O) groups excluding carboxylic acids is 1. The zero-order chi connectivity index (χ0) is 12.5. The van der Waals surface area contributed by atoms with E-state index < -0.39 is 27.4 Å². The van der Waals surface area contributed by atoms with Crippen LogP contribution in [0.2, 0.25) is 0 Å². The highest BCUT2D eigenvalue weighted by atomic mass is 35.5. The van der Waals surface area contributed by atoms with Gasteiger partial charge in [-0.2, -0.15) is 0 Å². The Bertz CT molecular complexity index is 391. The Morgan fingerprint density at radius 2 is 2.06 bits per heavy atom. The first-order valence-electron chi connectivity index (χ1n) is 5.74. The summed E-state index contributed by atoms with van der Waals surface area (Å²) >= 11 is 5.91. The van der Waals surface area contributed by atoms with Crippen LogP contribution in [0.1, 0.15) is 19.3 Å². The summed E-state index contributed by atoms with van der Waals surface area (Å²) in [6.07, 6.45) is 2.18. The molecule has 3 unspecified atom stereocenters. The fourth-order valence-electron chi connectivity index (χ4n) is 2.16. The Morgan fingerprint density at radius 3 is 2.59 bits per heavy atom. The van der Waals surface area contributed by atoms with E-state index in [-0.39, 0.29) is 17.4 Å². The van der Waals surface area contributed by atoms with Gasteiger partial charge < -0.3 is 10.1 Å². The molecule has 2 fully saturated rings. The molecular formula is C10H16ClNO4S. The monoisotopic (exact) mass is 281 g/mol. The molecular weight excluding hydrogens is 266 g/mol. The summed E-state index contributed by atoms with van der Waals surface area (Å²) in [5.41, 5.74) is 0. The van der Waals surface area contributed by atoms with Crippen molar-refractivity contribution >= 4 is 27.3 Å². The van der Waals surface area contributed by atoms with Gasteiger partial charge in [0.25, 0.3) is 0 Å². The third-order valence-electron chi connectivity index (χ3n) is 3.08. The molecule has 1 N–H and O–H groups in total. The van der Waals surface area contributed by atoms with E-state index in [1.807, 2.05) is 0 Å². The van der Waals surface area contributed by atoms with Gasteiger partial charge in [0.2, 0.25) is 5.91 Å². The molecule has 0 bridgehead atoms. The van der Waals surface area contributed by atoms with Crippen LogP contribution in [0.5, 0.6) is 0 Å². The van der Waals surface area contributed by atoms with Gasteiger partial charge in [0.15, 0.2) is 9.84 Å². The van der Waals surface area contributed by atoms with Crippen LogP contribution in [-0.4, -0.2) is 50.0 Å². The van der Waals surface area contributed by atoms with Crippen molar-refractivity contribution in [3.63, 3.8) is 0 Å². The molecule has 0 aliphatic carbocycles. The van der Waals surface area contributed by atoms with Crippen molar-refractivity contribution in [3.05, 3.63) is 0 Å². The molecule has 7 heteroatoms. The molecule has 17 heavy (non-hydrogen) atoms. The lowest BCUT2D eigenvalue weighted by atomic mass is 10.1. The quantitative estimate of drug-likeness (QED) is 0.728. The minimum absolute atomic E-state index is 0.0645. The first kappa shape index (κ1) is 13.1. The van der Waals surface area contributed by atoms with Crippen LogP contribution in [0, 0.1) is 0 Å². The number of rotatable bonds is 2. The van der Waals surface area contributed by atoms with Gasteiger partial charge in [0.1, 0.15) is 6.10 Å². The smallest absolute Gasteiger partial charge is 0.249 e. The van der Waals surface area contributed by atoms with Crippen molar-refractivity contribution in [2.75, 3.05) is 18.1 Å². The molecule has 2 saturated heterocycles. The molecule has 0 radical (unpaired) electrons. The van der Waals surface area contributed by atoms with E-state index in [1.54, 1.807) is 0 Å². The highest BCUT2D eigenvalue weighted by Gasteiger charge is 2.38. The van der Waals surface area contributed by atoms with Gasteiger partial charge in [-0.25, -0.2) is 8.42 Å². The number of hydrogen-bond donors (Lipinski definition) is 1. The van der Waals surface area contributed by atoms with Crippen LogP contribution in [0.4, 0.5) is 0 Å². The van der Waals surface area contributed by atoms with E-state index in [1.165, 1.54) is 0 Å². The van der Waals surface area contributed by atoms with Crippen LogP contribution in [0.25, 0.3) is 0 Å². The number of alkyl halides is 1. The summed E-state index contributed by atoms with van der Waals surface area (Å²) in [7, 11) is -3.11. The topological polar surface area (TPSA) is 72.5 Å². The summed E-state index contributed by atoms with van der Waals surface area (Å²) in [4.78, 5) is 11.8. The zero-order valence-corrected chi connectivity index (χ0v) is 11.0. The number of carbonyl (C=O) groups is 1. The van der Waals surface area contributed by atoms with Gasteiger partial charge in [-0.1, -0.05) is 0 Å². The number of halogens is 1. The van der Waals surface area contributed by atoms with Crippen molar-refractivity contribution < 1.29 is 17.9 Å². The van der Waals surface area contributed by atoms with Crippen molar-refractivity contribution in [3.8, 4) is 0 Å². The second-order valence-electron chi connectivity index (χ2n) is 4.56. The highest BCUT2D eigenvalue weighted by Crippen LogP contribution is 2.19. The first-order chi connectivity index (χ1) is 7.98. The molecule has 98 valence electrons. The second-order valence-corrected chi connectivity index (χ2v) is 7.28. The summed E-state index contributed by atoms with van der Waals surface area (Å²) in [5.74, 6) is -0.373. The number of sulfone groups is 1. The number of amides is 1. The van der Waals surface area contributed by atoms with E-state index in [0.717, 1.165) is 12.8 Å². The van der Waals surface area contributed by atoms with Gasteiger partial charge in [0.05, 0.1) is 22.9 Å². The largest absolute Gasteiger partial charge is 0.368 e. The maximum atomic E-state index is 11.8. The molecule has 3 atom stereocenters. The molecule has 2 rings (SSSR count). The van der Waals surface area contributed by atoms with Crippen LogP contribution in [0.15, 0.2) is 0 Å². The molecule has 0 aromatic carbocycles. The number of nitrogens with one attached hydrogen (secondary N) is 1. The van der Waals surface area contributed by atoms with Gasteiger partial charge in [-0.15, -0.1) is 11.6 Å². The standard InChI is InChI=1S/C10H16ClNO4S/c11-7-5-17(14,15)6-8(7)12-10(13)9-3-1-2-4-16-9/h7-9H,1-6H2,(H,12,13). The molecule has 2 aliphatic heterocycles. The lowest BCUT2D eigenvalue weighted by Crippen LogP contribution is -2.47. The third kappa shape index (κ3) is 3.33. The summed E-state index contributed by atoms with van der Waals surface area (Å²) < 4.78 is 28.0. The fourth-order valence-corrected chi connectivity index (χ4v) is 4.71. The number of hydrogen-bond acceptors (Lipinski definition) is 4. The highest BCUT2D eigenvalue weighted by molar-refractivity contribution is 7.91. The lowest BCUT2D eigenvalue weighted by Gasteiger charge is -2.24. The van der Waals surface area contributed by atoms with Crippen molar-refractivity contribution in [2.45, 2.75) is 36.8 Å². The van der Waals surface area contributed by atoms with Crippen molar-refractivity contribution in [1.29, 1.82) is 0 Å². The minimum atomic E-state index is -3.11. The van der Waals surface area contributed by atoms with Gasteiger partial charge >= 0.3 is 0 Å². The van der Waals surface area contributed by atoms with Crippen LogP contribution < -0.4 is 5.32 Å². The molecule has 0 aromatic heterocycles. The van der Waals surface area contributed by atoms with Crippen LogP contribution in [-0.2, 0) is 19.4 Å². The molecule has 0 spiro atoms. The maximum Gasteiger partial charge on any atom is 0.249 e. The molecule has 5 nitrogen and oxygen atoms in total. The number of ether oxygens (including phenoxy) is 1. The van der Waals surface area contributed by atoms with Gasteiger partial charge in [-0.3, -0.25) is 4.79 Å². The summed E-state index contributed by atoms with van der Waals surface area (Å²) in [5, 5.41) is 2.14. The van der Waals surface area contributed by atoms with Crippen molar-refractivity contribution in [1.82, 2.24) is 5.32 Å². The molecule has 2 aliphatic rings. The zero-order valence-electron chi connectivity index (χ0n) is 9.39. The van der Waals surface area contributed by atoms with E-state index in [9.17, 15) is 13.2 Å². The Hall–Kier alpha value is -0.330. The molecule has 1 amide bonds. The average Bonchev–Trinajstić information content (AvgIpc) is 2.53. The maximum absolute atomic E-state index is 11.8. The van der Waals surface area contributed by atoms with Crippen molar-refractivity contribution in [2.24, 2.45) is 0 Å². The summed E-state index contributed by atoms with van der Waals surface area (Å²) in [6.45, 7) is 0.589. The van der Waals surface area contributed by atoms with Crippen LogP contribution in [0.3, 0.4) is 0 Å². The fraction of sp³-hybridized carbons (Fsp3) is 0.900. The Morgan fingerprint density at radius 1 is 1.29 bits per heavy atom. The van der Waals surface area contributed by atoms with E-state index >= 15 is 0 Å². The van der Waals surface area contributed by atoms with Gasteiger partial charge in [0, 0.05) is 6.61 Å². The third-order valence-corrected chi connectivity index (χ3v) is 5.46.